The third-order valence-electron chi connectivity index (χ3n) is 2.82. The first-order chi connectivity index (χ1) is 10.1. The number of aromatic nitrogens is 1. The average molecular weight is 317 g/mol. The quantitative estimate of drug-likeness (QED) is 0.398. The van der Waals surface area contributed by atoms with Crippen LogP contribution in [0.5, 0.6) is 0 Å². The maximum atomic E-state index is 11.6. The minimum Gasteiger partial charge on any atom is -0.331 e. The molecule has 1 aromatic heterocycles. The summed E-state index contributed by atoms with van der Waals surface area (Å²) in [6, 6.07) is 11.4. The Kier molecular flexibility index (Phi) is 5.26. The molecule has 0 saturated carbocycles. The minimum absolute atomic E-state index is 0.0935. The first-order valence-corrected chi connectivity index (χ1v) is 7.61. The lowest BCUT2D eigenvalue weighted by atomic mass is 10.2. The van der Waals surface area contributed by atoms with Crippen molar-refractivity contribution in [1.82, 2.24) is 4.57 Å². The van der Waals surface area contributed by atoms with Gasteiger partial charge in [0.2, 0.25) is 5.78 Å². The summed E-state index contributed by atoms with van der Waals surface area (Å²) in [5, 5.41) is 8.44. The third-order valence-corrected chi connectivity index (χ3v) is 4.02. The highest BCUT2D eigenvalue weighted by Gasteiger charge is 2.09. The second kappa shape index (κ2) is 7.16. The molecule has 0 spiro atoms. The molecule has 2 aromatic rings. The van der Waals surface area contributed by atoms with E-state index in [2.05, 4.69) is 0 Å². The van der Waals surface area contributed by atoms with Crippen molar-refractivity contribution in [3.8, 4) is 12.3 Å². The van der Waals surface area contributed by atoms with Gasteiger partial charge in [-0.1, -0.05) is 29.8 Å². The maximum Gasteiger partial charge on any atom is 0.239 e. The SMILES string of the molecule is C#CC(=O)c1cc(Cl)cn(CCSc2ccccc2)c1=N. The van der Waals surface area contributed by atoms with Crippen LogP contribution < -0.4 is 5.49 Å². The predicted octanol–water partition coefficient (Wildman–Crippen LogP) is 3.23. The van der Waals surface area contributed by atoms with Crippen molar-refractivity contribution in [2.24, 2.45) is 0 Å². The van der Waals surface area contributed by atoms with E-state index in [0.29, 0.717) is 11.6 Å². The summed E-state index contributed by atoms with van der Waals surface area (Å²) < 4.78 is 1.64. The summed E-state index contributed by atoms with van der Waals surface area (Å²) >= 11 is 7.66. The summed E-state index contributed by atoms with van der Waals surface area (Å²) in [7, 11) is 0. The number of pyridine rings is 1. The Hall–Kier alpha value is -1.96. The maximum absolute atomic E-state index is 11.6. The smallest absolute Gasteiger partial charge is 0.239 e. The number of ketones is 1. The molecule has 1 aromatic carbocycles. The van der Waals surface area contributed by atoms with E-state index in [-0.39, 0.29) is 11.1 Å². The molecule has 106 valence electrons. The van der Waals surface area contributed by atoms with Crippen molar-refractivity contribution >= 4 is 29.1 Å². The average Bonchev–Trinajstić information content (AvgIpc) is 2.50. The molecule has 3 nitrogen and oxygen atoms in total. The third kappa shape index (κ3) is 4.01. The van der Waals surface area contributed by atoms with Gasteiger partial charge in [0.05, 0.1) is 10.6 Å². The second-order valence-electron chi connectivity index (χ2n) is 4.25. The van der Waals surface area contributed by atoms with Crippen molar-refractivity contribution in [3.05, 3.63) is 58.7 Å². The monoisotopic (exact) mass is 316 g/mol. The molecule has 0 aliphatic rings. The van der Waals surface area contributed by atoms with E-state index < -0.39 is 5.78 Å². The molecule has 0 unspecified atom stereocenters. The van der Waals surface area contributed by atoms with Gasteiger partial charge in [-0.3, -0.25) is 10.2 Å². The molecule has 0 bridgehead atoms. The molecule has 0 radical (unpaired) electrons. The van der Waals surface area contributed by atoms with Crippen LogP contribution in [-0.2, 0) is 6.54 Å². The molecule has 1 heterocycles. The van der Waals surface area contributed by atoms with Crippen LogP contribution in [0, 0.1) is 17.8 Å². The first kappa shape index (κ1) is 15.4. The molecule has 0 aliphatic heterocycles. The summed E-state index contributed by atoms with van der Waals surface area (Å²) in [6.07, 6.45) is 6.75. The summed E-state index contributed by atoms with van der Waals surface area (Å²) in [5.74, 6) is 2.27. The normalized spacial score (nSPS) is 10.1. The summed E-state index contributed by atoms with van der Waals surface area (Å²) in [5.41, 5.74) is 0.255. The number of halogens is 1. The highest BCUT2D eigenvalue weighted by atomic mass is 35.5. The number of hydrogen-bond donors (Lipinski definition) is 1. The van der Waals surface area contributed by atoms with Crippen LogP contribution >= 0.6 is 23.4 Å². The molecular weight excluding hydrogens is 304 g/mol. The molecule has 0 fully saturated rings. The van der Waals surface area contributed by atoms with Crippen LogP contribution in [-0.4, -0.2) is 16.1 Å². The van der Waals surface area contributed by atoms with Gasteiger partial charge in [0, 0.05) is 23.4 Å². The second-order valence-corrected chi connectivity index (χ2v) is 5.85. The van der Waals surface area contributed by atoms with E-state index in [1.165, 1.54) is 6.07 Å². The van der Waals surface area contributed by atoms with Crippen LogP contribution in [0.4, 0.5) is 0 Å². The fourth-order valence-electron chi connectivity index (χ4n) is 1.82. The number of benzene rings is 1. The lowest BCUT2D eigenvalue weighted by molar-refractivity contribution is 0.105. The molecule has 2 rings (SSSR count). The number of nitrogens with zero attached hydrogens (tertiary/aromatic N) is 1. The van der Waals surface area contributed by atoms with Gasteiger partial charge < -0.3 is 4.57 Å². The molecule has 21 heavy (non-hydrogen) atoms. The van der Waals surface area contributed by atoms with E-state index in [0.717, 1.165) is 10.6 Å². The Labute approximate surface area is 132 Å². The number of carbonyl (C=O) groups excluding carboxylic acids is 1. The summed E-state index contributed by atoms with van der Waals surface area (Å²) in [4.78, 5) is 12.8. The number of terminal acetylenes is 1. The topological polar surface area (TPSA) is 45.9 Å². The Morgan fingerprint density at radius 2 is 2.10 bits per heavy atom. The van der Waals surface area contributed by atoms with Gasteiger partial charge in [-0.05, 0) is 24.1 Å². The van der Waals surface area contributed by atoms with Gasteiger partial charge in [-0.2, -0.15) is 0 Å². The zero-order valence-corrected chi connectivity index (χ0v) is 12.7. The van der Waals surface area contributed by atoms with Gasteiger partial charge >= 0.3 is 0 Å². The Balaban J connectivity index is 2.14. The lowest BCUT2D eigenvalue weighted by Crippen LogP contribution is -2.26. The van der Waals surface area contributed by atoms with Crippen molar-refractivity contribution < 1.29 is 4.79 Å². The van der Waals surface area contributed by atoms with Crippen molar-refractivity contribution in [2.45, 2.75) is 11.4 Å². The van der Waals surface area contributed by atoms with Gasteiger partial charge in [-0.15, -0.1) is 18.2 Å². The van der Waals surface area contributed by atoms with E-state index >= 15 is 0 Å². The number of nitrogens with one attached hydrogen (secondary N) is 1. The van der Waals surface area contributed by atoms with Gasteiger partial charge in [0.25, 0.3) is 0 Å². The summed E-state index contributed by atoms with van der Waals surface area (Å²) in [6.45, 7) is 0.573. The molecule has 0 aliphatic carbocycles. The highest BCUT2D eigenvalue weighted by molar-refractivity contribution is 7.99. The van der Waals surface area contributed by atoms with E-state index in [1.807, 2.05) is 36.3 Å². The fraction of sp³-hybridized carbons (Fsp3) is 0.125. The predicted molar refractivity (Wildman–Crippen MR) is 85.6 cm³/mol. The number of thioether (sulfide) groups is 1. The zero-order chi connectivity index (χ0) is 15.2. The standard InChI is InChI=1S/C16H13ClN2OS/c1-2-15(20)14-10-12(17)11-19(16(14)18)8-9-21-13-6-4-3-5-7-13/h1,3-7,10-11,18H,8-9H2. The molecular formula is C16H13ClN2OS. The van der Waals surface area contributed by atoms with Crippen LogP contribution in [0.25, 0.3) is 0 Å². The van der Waals surface area contributed by atoms with Crippen LogP contribution in [0.15, 0.2) is 47.5 Å². The van der Waals surface area contributed by atoms with Gasteiger partial charge in [0.15, 0.2) is 0 Å². The molecule has 0 atom stereocenters. The highest BCUT2D eigenvalue weighted by Crippen LogP contribution is 2.17. The molecule has 5 heteroatoms. The van der Waals surface area contributed by atoms with Crippen LogP contribution in [0.1, 0.15) is 10.4 Å². The number of hydrogen-bond acceptors (Lipinski definition) is 3. The van der Waals surface area contributed by atoms with Gasteiger partial charge in [0.1, 0.15) is 5.49 Å². The Morgan fingerprint density at radius 1 is 1.38 bits per heavy atom. The Morgan fingerprint density at radius 3 is 2.76 bits per heavy atom. The number of rotatable bonds is 5. The van der Waals surface area contributed by atoms with Crippen LogP contribution in [0.3, 0.4) is 0 Å². The number of aryl methyl sites for hydroxylation is 1. The lowest BCUT2D eigenvalue weighted by Gasteiger charge is -2.09. The molecule has 1 N–H and O–H groups in total. The molecule has 0 amide bonds. The van der Waals surface area contributed by atoms with E-state index in [9.17, 15) is 4.79 Å². The van der Waals surface area contributed by atoms with E-state index in [1.54, 1.807) is 22.5 Å². The van der Waals surface area contributed by atoms with Crippen molar-refractivity contribution in [3.63, 3.8) is 0 Å². The largest absolute Gasteiger partial charge is 0.331 e. The minimum atomic E-state index is -0.521. The van der Waals surface area contributed by atoms with Crippen molar-refractivity contribution in [1.29, 1.82) is 5.41 Å². The fourth-order valence-corrected chi connectivity index (χ4v) is 2.92. The van der Waals surface area contributed by atoms with Crippen LogP contribution in [0.2, 0.25) is 5.02 Å². The Bertz CT molecular complexity index is 747. The number of carbonyl (C=O) groups is 1. The van der Waals surface area contributed by atoms with E-state index in [4.69, 9.17) is 23.4 Å². The van der Waals surface area contributed by atoms with Gasteiger partial charge in [-0.25, -0.2) is 0 Å². The zero-order valence-electron chi connectivity index (χ0n) is 11.2. The molecule has 0 saturated heterocycles. The number of Topliss-reactive ketones (excluding diaryl/α,β-unsaturated/α-hetero) is 1. The van der Waals surface area contributed by atoms with Crippen molar-refractivity contribution in [2.75, 3.05) is 5.75 Å². The first-order valence-electron chi connectivity index (χ1n) is 6.25.